The lowest BCUT2D eigenvalue weighted by Crippen LogP contribution is -2.32. The van der Waals surface area contributed by atoms with Crippen molar-refractivity contribution in [1.82, 2.24) is 4.67 Å². The Kier molecular flexibility index (Phi) is 7.53. The number of likely N-dealkylation sites (N-methyl/N-ethyl adjacent to an activating group) is 1. The molecule has 0 spiro atoms. The van der Waals surface area contributed by atoms with Crippen LogP contribution in [0.5, 0.6) is 0 Å². The molecule has 1 heterocycles. The predicted octanol–water partition coefficient (Wildman–Crippen LogP) is 7.40. The molecule has 0 radical (unpaired) electrons. The van der Waals surface area contributed by atoms with Gasteiger partial charge in [0.15, 0.2) is 24.0 Å². The molecule has 1 saturated heterocycles. The molecule has 1 aliphatic rings. The summed E-state index contributed by atoms with van der Waals surface area (Å²) in [6, 6.07) is 17.1. The topological polar surface area (TPSA) is 77.2 Å². The van der Waals surface area contributed by atoms with Crippen molar-refractivity contribution >= 4 is 29.7 Å². The van der Waals surface area contributed by atoms with E-state index in [2.05, 4.69) is 70.1 Å². The number of rotatable bonds is 7. The van der Waals surface area contributed by atoms with E-state index in [1.165, 1.54) is 0 Å². The van der Waals surface area contributed by atoms with E-state index in [1.54, 1.807) is 12.1 Å². The fourth-order valence-corrected chi connectivity index (χ4v) is 13.3. The van der Waals surface area contributed by atoms with E-state index >= 15 is 0 Å². The normalized spacial score (nSPS) is 25.1. The van der Waals surface area contributed by atoms with Crippen LogP contribution in [0.2, 0.25) is 39.3 Å². The molecular weight excluding hydrogens is 469 g/mol. The van der Waals surface area contributed by atoms with Gasteiger partial charge in [-0.25, -0.2) is 4.67 Å². The molecule has 7 nitrogen and oxygen atoms in total. The highest BCUT2D eigenvalue weighted by Gasteiger charge is 2.51. The second-order valence-electron chi connectivity index (χ2n) is 10.5. The van der Waals surface area contributed by atoms with Gasteiger partial charge in [-0.3, -0.25) is 10.1 Å². The summed E-state index contributed by atoms with van der Waals surface area (Å²) in [6.07, 6.45) is -0.129. The zero-order chi connectivity index (χ0) is 24.6. The monoisotopic (exact) mass is 505 g/mol. The summed E-state index contributed by atoms with van der Waals surface area (Å²) < 4.78 is 21.7. The number of non-ortho nitro benzene ring substituents is 1. The zero-order valence-electron chi connectivity index (χ0n) is 20.9. The molecule has 180 valence electrons. The average Bonchev–Trinajstić information content (AvgIpc) is 2.97. The highest BCUT2D eigenvalue weighted by atomic mass is 31.2. The lowest BCUT2D eigenvalue weighted by Gasteiger charge is -2.39. The van der Waals surface area contributed by atoms with Crippen LogP contribution in [0, 0.1) is 10.1 Å². The molecule has 1 aliphatic heterocycles. The molecule has 4 atom stereocenters. The molecule has 2 aromatic rings. The molecule has 0 saturated carbocycles. The van der Waals surface area contributed by atoms with Crippen LogP contribution >= 0.6 is 7.43 Å². The van der Waals surface area contributed by atoms with Gasteiger partial charge in [-0.1, -0.05) is 30.3 Å². The molecule has 1 fully saturated rings. The van der Waals surface area contributed by atoms with Gasteiger partial charge < -0.3 is 13.4 Å². The maximum Gasteiger partial charge on any atom is 0.269 e. The quantitative estimate of drug-likeness (QED) is 0.169. The summed E-state index contributed by atoms with van der Waals surface area (Å²) in [5.41, 5.74) is 2.07. The Morgan fingerprint density at radius 3 is 2.12 bits per heavy atom. The second kappa shape index (κ2) is 9.56. The van der Waals surface area contributed by atoms with Crippen LogP contribution in [0.25, 0.3) is 0 Å². The Morgan fingerprint density at radius 1 is 1.06 bits per heavy atom. The van der Waals surface area contributed by atoms with Crippen molar-refractivity contribution in [1.29, 1.82) is 0 Å². The SMILES string of the molecule is C[C@H]1[C@@H](c2ccccc2)O[P@@](=N[Si](C)(C)C)([C@@H](O[Si](C)(C)C)c2ccc([N+](=O)[O-])cc2)N1C. The van der Waals surface area contributed by atoms with Gasteiger partial charge >= 0.3 is 0 Å². The lowest BCUT2D eigenvalue weighted by atomic mass is 10.0. The van der Waals surface area contributed by atoms with Crippen molar-refractivity contribution in [3.8, 4) is 0 Å². The van der Waals surface area contributed by atoms with E-state index < -0.39 is 29.8 Å². The Balaban J connectivity index is 2.22. The minimum Gasteiger partial charge on any atom is -0.402 e. The molecule has 33 heavy (non-hydrogen) atoms. The first-order chi connectivity index (χ1) is 15.2. The van der Waals surface area contributed by atoms with Gasteiger partial charge in [0.05, 0.1) is 4.92 Å². The van der Waals surface area contributed by atoms with Gasteiger partial charge in [0.25, 0.3) is 5.69 Å². The number of hydrogen-bond acceptors (Lipinski definition) is 5. The summed E-state index contributed by atoms with van der Waals surface area (Å²) in [6.45, 7) is 15.3. The third-order valence-electron chi connectivity index (χ3n) is 5.48. The Morgan fingerprint density at radius 2 is 1.64 bits per heavy atom. The minimum absolute atomic E-state index is 0.0660. The predicted molar refractivity (Wildman–Crippen MR) is 140 cm³/mol. The fraction of sp³-hybridized carbons (Fsp3) is 0.478. The number of hydrogen-bond donors (Lipinski definition) is 0. The van der Waals surface area contributed by atoms with E-state index in [0.717, 1.165) is 11.1 Å². The Bertz CT molecular complexity index is 1040. The maximum absolute atomic E-state index is 11.3. The summed E-state index contributed by atoms with van der Waals surface area (Å²) in [7, 11) is -4.55. The van der Waals surface area contributed by atoms with Crippen molar-refractivity contribution < 1.29 is 13.9 Å². The van der Waals surface area contributed by atoms with Gasteiger partial charge in [0, 0.05) is 18.2 Å². The minimum atomic E-state index is -2.64. The number of benzene rings is 2. The van der Waals surface area contributed by atoms with Crippen molar-refractivity contribution in [2.75, 3.05) is 7.05 Å². The van der Waals surface area contributed by atoms with E-state index in [0.29, 0.717) is 0 Å². The number of nitrogens with zero attached hydrogens (tertiary/aromatic N) is 3. The first kappa shape index (κ1) is 26.0. The smallest absolute Gasteiger partial charge is 0.269 e. The second-order valence-corrected chi connectivity index (χ2v) is 22.6. The average molecular weight is 506 g/mol. The lowest BCUT2D eigenvalue weighted by molar-refractivity contribution is -0.384. The van der Waals surface area contributed by atoms with Gasteiger partial charge in [-0.05, 0) is 76.5 Å². The first-order valence-electron chi connectivity index (χ1n) is 11.3. The summed E-state index contributed by atoms with van der Waals surface area (Å²) in [5, 5.41) is 11.3. The van der Waals surface area contributed by atoms with Crippen molar-refractivity contribution in [3.63, 3.8) is 0 Å². The standard InChI is InChI=1S/C23H36N3O4PSi2/c1-18-22(19-12-10-9-11-13-19)29-31(25(18)2,24-32(3,4)5)23(30-33(6,7)8)20-14-16-21(17-15-20)26(27)28/h9-18,22-23H,1-8H3/t18-,22-,23+,31+/m0/s1. The maximum atomic E-state index is 11.3. The van der Waals surface area contributed by atoms with E-state index in [4.69, 9.17) is 13.4 Å². The van der Waals surface area contributed by atoms with Crippen molar-refractivity contribution in [2.24, 2.45) is 4.41 Å². The molecule has 2 aromatic carbocycles. The fourth-order valence-electron chi connectivity index (χ4n) is 3.99. The van der Waals surface area contributed by atoms with Crippen LogP contribution in [-0.4, -0.2) is 39.2 Å². The van der Waals surface area contributed by atoms with E-state index in [-0.39, 0.29) is 22.8 Å². The van der Waals surface area contributed by atoms with Crippen LogP contribution in [0.4, 0.5) is 5.69 Å². The highest BCUT2D eigenvalue weighted by molar-refractivity contribution is 7.60. The summed E-state index contributed by atoms with van der Waals surface area (Å²) >= 11 is 0. The number of nitro groups is 1. The molecule has 0 aliphatic carbocycles. The van der Waals surface area contributed by atoms with Crippen LogP contribution in [0.3, 0.4) is 0 Å². The highest BCUT2D eigenvalue weighted by Crippen LogP contribution is 2.73. The van der Waals surface area contributed by atoms with Crippen LogP contribution in [0.15, 0.2) is 59.0 Å². The third-order valence-corrected chi connectivity index (χ3v) is 13.0. The van der Waals surface area contributed by atoms with Crippen LogP contribution in [0.1, 0.15) is 30.0 Å². The molecule has 0 aromatic heterocycles. The molecule has 3 rings (SSSR count). The summed E-state index contributed by atoms with van der Waals surface area (Å²) in [5.74, 6) is -0.405. The van der Waals surface area contributed by atoms with Gasteiger partial charge in [0.1, 0.15) is 11.9 Å². The summed E-state index contributed by atoms with van der Waals surface area (Å²) in [4.78, 5) is 10.9. The Hall–Kier alpha value is -1.62. The zero-order valence-corrected chi connectivity index (χ0v) is 23.7. The van der Waals surface area contributed by atoms with E-state index in [1.807, 2.05) is 30.3 Å². The van der Waals surface area contributed by atoms with Crippen LogP contribution in [-0.2, 0) is 8.95 Å². The number of nitro benzene ring substituents is 1. The molecule has 10 heteroatoms. The third kappa shape index (κ3) is 5.91. The van der Waals surface area contributed by atoms with Gasteiger partial charge in [-0.15, -0.1) is 0 Å². The van der Waals surface area contributed by atoms with Gasteiger partial charge in [-0.2, -0.15) is 0 Å². The molecule has 0 bridgehead atoms. The van der Waals surface area contributed by atoms with Gasteiger partial charge in [0.2, 0.25) is 0 Å². The van der Waals surface area contributed by atoms with Crippen LogP contribution < -0.4 is 0 Å². The largest absolute Gasteiger partial charge is 0.402 e. The first-order valence-corrected chi connectivity index (χ1v) is 19.8. The van der Waals surface area contributed by atoms with Crippen molar-refractivity contribution in [2.45, 2.75) is 64.2 Å². The van der Waals surface area contributed by atoms with Crippen molar-refractivity contribution in [3.05, 3.63) is 75.8 Å². The Labute approximate surface area is 199 Å². The molecule has 0 N–H and O–H groups in total. The molecule has 0 amide bonds. The van der Waals surface area contributed by atoms with E-state index in [9.17, 15) is 10.1 Å². The molecular formula is C23H36N3O4PSi2. The molecule has 0 unspecified atom stereocenters.